The molecule has 1 aliphatic rings. The maximum absolute atomic E-state index is 12.1. The van der Waals surface area contributed by atoms with Crippen LogP contribution in [0, 0.1) is 5.41 Å². The number of rotatable bonds is 3. The van der Waals surface area contributed by atoms with Gasteiger partial charge >= 0.3 is 0 Å². The van der Waals surface area contributed by atoms with Gasteiger partial charge in [0.05, 0.1) is 0 Å². The van der Waals surface area contributed by atoms with E-state index in [1.165, 1.54) is 0 Å². The van der Waals surface area contributed by atoms with Gasteiger partial charge in [-0.3, -0.25) is 4.79 Å². The molecule has 0 spiro atoms. The molecule has 1 heterocycles. The van der Waals surface area contributed by atoms with Gasteiger partial charge in [-0.2, -0.15) is 0 Å². The molecule has 0 aromatic heterocycles. The molecular formula is C13H27N3O. The minimum atomic E-state index is -0.0617. The van der Waals surface area contributed by atoms with Gasteiger partial charge in [0.25, 0.3) is 0 Å². The maximum atomic E-state index is 12.1. The Kier molecular flexibility index (Phi) is 4.55. The van der Waals surface area contributed by atoms with E-state index in [1.807, 2.05) is 4.90 Å². The fraction of sp³-hybridized carbons (Fsp3) is 0.923. The molecule has 0 aliphatic carbocycles. The van der Waals surface area contributed by atoms with Crippen LogP contribution in [0.2, 0.25) is 0 Å². The lowest BCUT2D eigenvalue weighted by Crippen LogP contribution is -2.42. The van der Waals surface area contributed by atoms with Crippen LogP contribution in [-0.2, 0) is 4.79 Å². The smallest absolute Gasteiger partial charge is 0.224 e. The van der Waals surface area contributed by atoms with E-state index in [9.17, 15) is 4.79 Å². The molecule has 2 N–H and O–H groups in total. The van der Waals surface area contributed by atoms with Crippen molar-refractivity contribution in [2.75, 3.05) is 27.2 Å². The highest BCUT2D eigenvalue weighted by Crippen LogP contribution is 2.22. The van der Waals surface area contributed by atoms with Gasteiger partial charge in [-0.05, 0) is 25.9 Å². The van der Waals surface area contributed by atoms with Crippen molar-refractivity contribution >= 4 is 5.91 Å². The van der Waals surface area contributed by atoms with Gasteiger partial charge in [-0.1, -0.05) is 20.8 Å². The van der Waals surface area contributed by atoms with Gasteiger partial charge in [-0.25, -0.2) is 0 Å². The number of likely N-dealkylation sites (N-methyl/N-ethyl adjacent to an activating group) is 1. The Morgan fingerprint density at radius 1 is 1.47 bits per heavy atom. The average molecular weight is 241 g/mol. The normalized spacial score (nSPS) is 23.2. The van der Waals surface area contributed by atoms with Gasteiger partial charge in [-0.15, -0.1) is 0 Å². The molecule has 4 nitrogen and oxygen atoms in total. The maximum Gasteiger partial charge on any atom is 0.224 e. The van der Waals surface area contributed by atoms with E-state index in [0.29, 0.717) is 12.5 Å². The molecule has 1 amide bonds. The van der Waals surface area contributed by atoms with Gasteiger partial charge in [0.2, 0.25) is 5.91 Å². The average Bonchev–Trinajstić information content (AvgIpc) is 2.64. The van der Waals surface area contributed by atoms with E-state index in [2.05, 4.69) is 39.8 Å². The summed E-state index contributed by atoms with van der Waals surface area (Å²) >= 11 is 0. The summed E-state index contributed by atoms with van der Waals surface area (Å²) in [5.41, 5.74) is 6.05. The molecule has 1 rings (SSSR count). The van der Waals surface area contributed by atoms with E-state index in [4.69, 9.17) is 5.73 Å². The molecule has 2 atom stereocenters. The number of hydrogen-bond acceptors (Lipinski definition) is 3. The fourth-order valence-electron chi connectivity index (χ4n) is 2.01. The van der Waals surface area contributed by atoms with Crippen LogP contribution in [0.5, 0.6) is 0 Å². The minimum Gasteiger partial charge on any atom is -0.341 e. The highest BCUT2D eigenvalue weighted by Gasteiger charge is 2.30. The molecule has 0 aromatic carbocycles. The van der Waals surface area contributed by atoms with Gasteiger partial charge in [0.1, 0.15) is 0 Å². The lowest BCUT2D eigenvalue weighted by molar-refractivity contribution is -0.131. The Labute approximate surface area is 105 Å². The Morgan fingerprint density at radius 2 is 2.06 bits per heavy atom. The molecule has 2 unspecified atom stereocenters. The lowest BCUT2D eigenvalue weighted by Gasteiger charge is -2.28. The molecule has 4 heteroatoms. The second-order valence-electron chi connectivity index (χ2n) is 6.42. The number of likely N-dealkylation sites (tertiary alicyclic amines) is 1. The van der Waals surface area contributed by atoms with Crippen LogP contribution >= 0.6 is 0 Å². The topological polar surface area (TPSA) is 49.6 Å². The number of carbonyl (C=O) groups is 1. The van der Waals surface area contributed by atoms with Crippen LogP contribution in [0.1, 0.15) is 33.6 Å². The molecule has 0 saturated carbocycles. The zero-order valence-corrected chi connectivity index (χ0v) is 11.9. The monoisotopic (exact) mass is 241 g/mol. The first kappa shape index (κ1) is 14.5. The summed E-state index contributed by atoms with van der Waals surface area (Å²) in [6.45, 7) is 7.97. The fourth-order valence-corrected chi connectivity index (χ4v) is 2.01. The van der Waals surface area contributed by atoms with Crippen LogP contribution in [0.25, 0.3) is 0 Å². The summed E-state index contributed by atoms with van der Waals surface area (Å²) in [6, 6.07) is 0.443. The van der Waals surface area contributed by atoms with Crippen molar-refractivity contribution < 1.29 is 4.79 Å². The first-order valence-corrected chi connectivity index (χ1v) is 6.41. The molecule has 0 radical (unpaired) electrons. The quantitative estimate of drug-likeness (QED) is 0.799. The zero-order valence-electron chi connectivity index (χ0n) is 11.9. The summed E-state index contributed by atoms with van der Waals surface area (Å²) in [4.78, 5) is 16.2. The third-order valence-electron chi connectivity index (χ3n) is 3.75. The van der Waals surface area contributed by atoms with E-state index >= 15 is 0 Å². The van der Waals surface area contributed by atoms with E-state index < -0.39 is 0 Å². The third-order valence-corrected chi connectivity index (χ3v) is 3.75. The molecule has 17 heavy (non-hydrogen) atoms. The second-order valence-corrected chi connectivity index (χ2v) is 6.42. The molecule has 0 aromatic rings. The molecule has 100 valence electrons. The zero-order chi connectivity index (χ0) is 13.2. The number of carbonyl (C=O) groups excluding carboxylic acids is 1. The van der Waals surface area contributed by atoms with E-state index in [0.717, 1.165) is 19.5 Å². The predicted octanol–water partition coefficient (Wildman–Crippen LogP) is 0.912. The van der Waals surface area contributed by atoms with Crippen LogP contribution < -0.4 is 5.73 Å². The van der Waals surface area contributed by atoms with Crippen molar-refractivity contribution in [2.45, 2.75) is 45.7 Å². The number of nitrogens with zero attached hydrogens (tertiary/aromatic N) is 2. The highest BCUT2D eigenvalue weighted by atomic mass is 16.2. The second kappa shape index (κ2) is 5.36. The molecule has 0 bridgehead atoms. The molecule has 1 aliphatic heterocycles. The standard InChI is InChI=1S/C13H27N3O/c1-13(2,3)11(14)8-12(17)16-7-6-10(9-16)15(4)5/h10-11H,6-9,14H2,1-5H3. The van der Waals surface area contributed by atoms with Crippen molar-refractivity contribution in [3.8, 4) is 0 Å². The van der Waals surface area contributed by atoms with Gasteiger partial charge < -0.3 is 15.5 Å². The Bertz CT molecular complexity index is 270. The SMILES string of the molecule is CN(C)C1CCN(C(=O)CC(N)C(C)(C)C)C1. The predicted molar refractivity (Wildman–Crippen MR) is 70.7 cm³/mol. The van der Waals surface area contributed by atoms with Gasteiger partial charge in [0, 0.05) is 31.6 Å². The summed E-state index contributed by atoms with van der Waals surface area (Å²) < 4.78 is 0. The first-order valence-electron chi connectivity index (χ1n) is 6.41. The number of nitrogens with two attached hydrogens (primary N) is 1. The van der Waals surface area contributed by atoms with Gasteiger partial charge in [0.15, 0.2) is 0 Å². The molecule has 1 fully saturated rings. The van der Waals surface area contributed by atoms with Crippen LogP contribution in [-0.4, -0.2) is 55.0 Å². The van der Waals surface area contributed by atoms with Crippen molar-refractivity contribution in [1.29, 1.82) is 0 Å². The summed E-state index contributed by atoms with van der Waals surface area (Å²) in [7, 11) is 4.14. The Balaban J connectivity index is 2.45. The van der Waals surface area contributed by atoms with E-state index in [1.54, 1.807) is 0 Å². The van der Waals surface area contributed by atoms with Crippen molar-refractivity contribution in [3.63, 3.8) is 0 Å². The van der Waals surface area contributed by atoms with Crippen molar-refractivity contribution in [1.82, 2.24) is 9.80 Å². The first-order chi connectivity index (χ1) is 7.71. The van der Waals surface area contributed by atoms with Crippen LogP contribution in [0.4, 0.5) is 0 Å². The minimum absolute atomic E-state index is 0.00364. The summed E-state index contributed by atoms with van der Waals surface area (Å²) in [5, 5.41) is 0. The summed E-state index contributed by atoms with van der Waals surface area (Å²) in [5.74, 6) is 0.205. The Morgan fingerprint density at radius 3 is 2.47 bits per heavy atom. The van der Waals surface area contributed by atoms with Crippen LogP contribution in [0.3, 0.4) is 0 Å². The Hall–Kier alpha value is -0.610. The van der Waals surface area contributed by atoms with Crippen molar-refractivity contribution in [2.24, 2.45) is 11.1 Å². The molecule has 1 saturated heterocycles. The van der Waals surface area contributed by atoms with Crippen molar-refractivity contribution in [3.05, 3.63) is 0 Å². The van der Waals surface area contributed by atoms with E-state index in [-0.39, 0.29) is 17.4 Å². The molecular weight excluding hydrogens is 214 g/mol. The largest absolute Gasteiger partial charge is 0.341 e. The summed E-state index contributed by atoms with van der Waals surface area (Å²) in [6.07, 6.45) is 1.53. The number of hydrogen-bond donors (Lipinski definition) is 1. The lowest BCUT2D eigenvalue weighted by atomic mass is 9.85. The number of amides is 1. The third kappa shape index (κ3) is 3.96. The highest BCUT2D eigenvalue weighted by molar-refractivity contribution is 5.77. The van der Waals surface area contributed by atoms with Crippen LogP contribution in [0.15, 0.2) is 0 Å².